The summed E-state index contributed by atoms with van der Waals surface area (Å²) in [6.45, 7) is 0.768. The normalized spacial score (nSPS) is 12.1. The Morgan fingerprint density at radius 2 is 1.93 bits per heavy atom. The van der Waals surface area contributed by atoms with E-state index < -0.39 is 0 Å². The van der Waals surface area contributed by atoms with E-state index >= 15 is 0 Å². The first kappa shape index (κ1) is 19.3. The number of fused-ring (bicyclic) bond motifs is 1. The van der Waals surface area contributed by atoms with Gasteiger partial charge in [-0.1, -0.05) is 29.3 Å². The van der Waals surface area contributed by atoms with E-state index in [4.69, 9.17) is 44.9 Å². The molecule has 0 radical (unpaired) electrons. The van der Waals surface area contributed by atoms with Gasteiger partial charge in [-0.2, -0.15) is 5.10 Å². The number of nitrogens with one attached hydrogen (secondary N) is 2. The Labute approximate surface area is 184 Å². The lowest BCUT2D eigenvalue weighted by atomic mass is 10.2. The van der Waals surface area contributed by atoms with E-state index in [2.05, 4.69) is 31.7 Å². The quantitative estimate of drug-likeness (QED) is 0.459. The Kier molecular flexibility index (Phi) is 5.63. The van der Waals surface area contributed by atoms with Crippen LogP contribution in [0.1, 0.15) is 5.56 Å². The number of ether oxygens (including phenoxy) is 2. The van der Waals surface area contributed by atoms with Gasteiger partial charge in [0, 0.05) is 18.0 Å². The highest BCUT2D eigenvalue weighted by molar-refractivity contribution is 9.10. The third-order valence-electron chi connectivity index (χ3n) is 3.91. The predicted octanol–water partition coefficient (Wildman–Crippen LogP) is 5.54. The summed E-state index contributed by atoms with van der Waals surface area (Å²) in [5.74, 6) is 1.99. The molecule has 1 aromatic heterocycles. The monoisotopic (exact) mass is 498 g/mol. The maximum absolute atomic E-state index is 6.07. The van der Waals surface area contributed by atoms with Crippen LogP contribution in [0.3, 0.4) is 0 Å². The zero-order valence-corrected chi connectivity index (χ0v) is 18.1. The van der Waals surface area contributed by atoms with Crippen LogP contribution in [0, 0.1) is 0 Å². The molecule has 0 spiro atoms. The van der Waals surface area contributed by atoms with Gasteiger partial charge in [-0.05, 0) is 58.0 Å². The van der Waals surface area contributed by atoms with Crippen LogP contribution in [0.15, 0.2) is 47.1 Å². The van der Waals surface area contributed by atoms with Crippen LogP contribution >= 0.6 is 51.3 Å². The molecular formula is C18H13BrCl2N4O2S. The van der Waals surface area contributed by atoms with Gasteiger partial charge in [0.15, 0.2) is 22.4 Å². The first-order chi connectivity index (χ1) is 13.5. The second-order valence-electron chi connectivity index (χ2n) is 5.92. The predicted molar refractivity (Wildman–Crippen MR) is 118 cm³/mol. The zero-order valence-electron chi connectivity index (χ0n) is 14.2. The molecule has 2 N–H and O–H groups in total. The molecular weight excluding hydrogens is 487 g/mol. The Hall–Kier alpha value is -2.00. The SMILES string of the molecule is S=C(Nc1ccc2c(c1)OCO2)Nc1nn(Cc2ccc(Cl)c(Cl)c2)cc1Br. The Balaban J connectivity index is 1.42. The fourth-order valence-corrected chi connectivity index (χ4v) is 3.58. The number of rotatable bonds is 4. The first-order valence-electron chi connectivity index (χ1n) is 8.12. The molecule has 1 aliphatic heterocycles. The third-order valence-corrected chi connectivity index (χ3v) is 5.43. The van der Waals surface area contributed by atoms with Crippen LogP contribution in [0.25, 0.3) is 0 Å². The number of benzene rings is 2. The van der Waals surface area contributed by atoms with E-state index in [9.17, 15) is 0 Å². The van der Waals surface area contributed by atoms with Crippen molar-refractivity contribution in [3.8, 4) is 11.5 Å². The molecule has 0 amide bonds. The van der Waals surface area contributed by atoms with Crippen molar-refractivity contribution in [2.75, 3.05) is 17.4 Å². The lowest BCUT2D eigenvalue weighted by Crippen LogP contribution is -2.19. The summed E-state index contributed by atoms with van der Waals surface area (Å²) in [6, 6.07) is 11.0. The summed E-state index contributed by atoms with van der Waals surface area (Å²) in [5.41, 5.74) is 1.77. The highest BCUT2D eigenvalue weighted by Crippen LogP contribution is 2.34. The van der Waals surface area contributed by atoms with Gasteiger partial charge in [-0.15, -0.1) is 0 Å². The van der Waals surface area contributed by atoms with Crippen molar-refractivity contribution in [3.05, 3.63) is 62.7 Å². The molecule has 6 nitrogen and oxygen atoms in total. The number of halogens is 3. The van der Waals surface area contributed by atoms with Gasteiger partial charge in [0.2, 0.25) is 6.79 Å². The molecule has 28 heavy (non-hydrogen) atoms. The van der Waals surface area contributed by atoms with Crippen molar-refractivity contribution in [1.29, 1.82) is 0 Å². The van der Waals surface area contributed by atoms with E-state index in [0.717, 1.165) is 15.7 Å². The van der Waals surface area contributed by atoms with Crippen LogP contribution < -0.4 is 20.1 Å². The van der Waals surface area contributed by atoms with Crippen molar-refractivity contribution >= 4 is 68.0 Å². The van der Waals surface area contributed by atoms with Crippen molar-refractivity contribution in [3.63, 3.8) is 0 Å². The average molecular weight is 500 g/mol. The maximum Gasteiger partial charge on any atom is 0.231 e. The van der Waals surface area contributed by atoms with Crippen LogP contribution in [0.4, 0.5) is 11.5 Å². The summed E-state index contributed by atoms with van der Waals surface area (Å²) in [5, 5.41) is 12.1. The summed E-state index contributed by atoms with van der Waals surface area (Å²) in [4.78, 5) is 0. The van der Waals surface area contributed by atoms with Gasteiger partial charge in [-0.25, -0.2) is 0 Å². The molecule has 144 valence electrons. The van der Waals surface area contributed by atoms with E-state index in [0.29, 0.717) is 39.0 Å². The van der Waals surface area contributed by atoms with Gasteiger partial charge in [-0.3, -0.25) is 4.68 Å². The molecule has 0 aliphatic carbocycles. The summed E-state index contributed by atoms with van der Waals surface area (Å²) < 4.78 is 13.2. The van der Waals surface area contributed by atoms with Crippen LogP contribution in [-0.4, -0.2) is 21.7 Å². The summed E-state index contributed by atoms with van der Waals surface area (Å²) in [7, 11) is 0. The minimum Gasteiger partial charge on any atom is -0.454 e. The Morgan fingerprint density at radius 3 is 2.75 bits per heavy atom. The van der Waals surface area contributed by atoms with E-state index in [1.807, 2.05) is 36.5 Å². The minimum atomic E-state index is 0.227. The second kappa shape index (κ2) is 8.16. The van der Waals surface area contributed by atoms with Gasteiger partial charge in [0.25, 0.3) is 0 Å². The standard InChI is InChI=1S/C18H13BrCl2N4O2S/c19-12-8-25(7-10-1-3-13(20)14(21)5-10)24-17(12)23-18(28)22-11-2-4-15-16(6-11)27-9-26-15/h1-6,8H,7,9H2,(H2,22,23,24,28). The summed E-state index contributed by atoms with van der Waals surface area (Å²) in [6.07, 6.45) is 1.86. The molecule has 0 bridgehead atoms. The van der Waals surface area contributed by atoms with Crippen molar-refractivity contribution in [1.82, 2.24) is 9.78 Å². The van der Waals surface area contributed by atoms with Gasteiger partial charge >= 0.3 is 0 Å². The van der Waals surface area contributed by atoms with E-state index in [1.54, 1.807) is 10.7 Å². The lowest BCUT2D eigenvalue weighted by molar-refractivity contribution is 0.174. The van der Waals surface area contributed by atoms with Crippen molar-refractivity contribution in [2.24, 2.45) is 0 Å². The fourth-order valence-electron chi connectivity index (χ4n) is 2.63. The number of hydrogen-bond donors (Lipinski definition) is 2. The molecule has 4 rings (SSSR count). The molecule has 0 unspecified atom stereocenters. The Bertz CT molecular complexity index is 1060. The second-order valence-corrected chi connectivity index (χ2v) is 8.00. The van der Waals surface area contributed by atoms with Gasteiger partial charge < -0.3 is 20.1 Å². The largest absolute Gasteiger partial charge is 0.454 e. The minimum absolute atomic E-state index is 0.227. The highest BCUT2D eigenvalue weighted by atomic mass is 79.9. The zero-order chi connectivity index (χ0) is 19.7. The van der Waals surface area contributed by atoms with E-state index in [1.165, 1.54) is 0 Å². The molecule has 3 aromatic rings. The van der Waals surface area contributed by atoms with Crippen LogP contribution in [0.5, 0.6) is 11.5 Å². The highest BCUT2D eigenvalue weighted by Gasteiger charge is 2.14. The third kappa shape index (κ3) is 4.35. The number of nitrogens with zero attached hydrogens (tertiary/aromatic N) is 2. The van der Waals surface area contributed by atoms with Gasteiger partial charge in [0.1, 0.15) is 0 Å². The fraction of sp³-hybridized carbons (Fsp3) is 0.111. The lowest BCUT2D eigenvalue weighted by Gasteiger charge is -2.09. The molecule has 1 aliphatic rings. The molecule has 0 saturated heterocycles. The molecule has 2 aromatic carbocycles. The molecule has 0 atom stereocenters. The maximum atomic E-state index is 6.07. The first-order valence-corrected chi connectivity index (χ1v) is 10.1. The van der Waals surface area contributed by atoms with Crippen molar-refractivity contribution < 1.29 is 9.47 Å². The van der Waals surface area contributed by atoms with Crippen LogP contribution in [0.2, 0.25) is 10.0 Å². The molecule has 0 fully saturated rings. The molecule has 10 heteroatoms. The van der Waals surface area contributed by atoms with Gasteiger partial charge in [0.05, 0.1) is 21.1 Å². The Morgan fingerprint density at radius 1 is 1.11 bits per heavy atom. The average Bonchev–Trinajstić information content (AvgIpc) is 3.24. The van der Waals surface area contributed by atoms with E-state index in [-0.39, 0.29) is 6.79 Å². The van der Waals surface area contributed by atoms with Crippen molar-refractivity contribution in [2.45, 2.75) is 6.54 Å². The molecule has 0 saturated carbocycles. The number of thiocarbonyl (C=S) groups is 1. The van der Waals surface area contributed by atoms with Crippen LogP contribution in [-0.2, 0) is 6.54 Å². The smallest absolute Gasteiger partial charge is 0.231 e. The number of hydrogen-bond acceptors (Lipinski definition) is 4. The number of anilines is 2. The molecule has 2 heterocycles. The topological polar surface area (TPSA) is 60.3 Å². The number of aromatic nitrogens is 2. The summed E-state index contributed by atoms with van der Waals surface area (Å²) >= 11 is 20.9.